The van der Waals surface area contributed by atoms with Crippen LogP contribution in [0.1, 0.15) is 45.1 Å². The highest BCUT2D eigenvalue weighted by molar-refractivity contribution is 6.14. The van der Waals surface area contributed by atoms with E-state index in [1.807, 2.05) is 24.3 Å². The number of rotatable bonds is 2. The van der Waals surface area contributed by atoms with E-state index in [0.29, 0.717) is 24.1 Å². The number of ether oxygens (including phenoxy) is 1. The molecular formula is C22H22N2O5. The van der Waals surface area contributed by atoms with Gasteiger partial charge in [0, 0.05) is 22.8 Å². The first-order valence-corrected chi connectivity index (χ1v) is 9.49. The third kappa shape index (κ3) is 3.68. The van der Waals surface area contributed by atoms with Gasteiger partial charge in [0.1, 0.15) is 11.2 Å². The Kier molecular flexibility index (Phi) is 4.53. The van der Waals surface area contributed by atoms with Gasteiger partial charge in [-0.15, -0.1) is 0 Å². The summed E-state index contributed by atoms with van der Waals surface area (Å²) in [6.45, 7) is 5.41. The Balaban J connectivity index is 1.78. The van der Waals surface area contributed by atoms with Gasteiger partial charge in [-0.2, -0.15) is 0 Å². The molecule has 1 aliphatic rings. The van der Waals surface area contributed by atoms with Crippen LogP contribution in [0.2, 0.25) is 0 Å². The van der Waals surface area contributed by atoms with E-state index >= 15 is 0 Å². The highest BCUT2D eigenvalue weighted by Crippen LogP contribution is 2.38. The van der Waals surface area contributed by atoms with E-state index in [9.17, 15) is 14.4 Å². The summed E-state index contributed by atoms with van der Waals surface area (Å²) in [4.78, 5) is 36.1. The second-order valence-corrected chi connectivity index (χ2v) is 8.16. The molecule has 29 heavy (non-hydrogen) atoms. The lowest BCUT2D eigenvalue weighted by molar-refractivity contribution is -0.134. The summed E-state index contributed by atoms with van der Waals surface area (Å²) in [5, 5.41) is 7.66. The van der Waals surface area contributed by atoms with Crippen molar-refractivity contribution < 1.29 is 23.5 Å². The summed E-state index contributed by atoms with van der Waals surface area (Å²) in [5.41, 5.74) is 1.39. The Morgan fingerprint density at radius 2 is 1.97 bits per heavy atom. The van der Waals surface area contributed by atoms with Crippen LogP contribution in [0.25, 0.3) is 21.7 Å². The SMILES string of the molecule is CC(C)(C)OC(=O)Nc1cccc2c1ccc1occ(C3CCC(=O)NC3=O)c12. The molecule has 0 radical (unpaired) electrons. The maximum absolute atomic E-state index is 12.4. The summed E-state index contributed by atoms with van der Waals surface area (Å²) in [6.07, 6.45) is 1.77. The lowest BCUT2D eigenvalue weighted by atomic mass is 9.88. The van der Waals surface area contributed by atoms with E-state index in [0.717, 1.165) is 21.7 Å². The molecule has 4 rings (SSSR count). The summed E-state index contributed by atoms with van der Waals surface area (Å²) in [7, 11) is 0. The molecule has 0 bridgehead atoms. The van der Waals surface area contributed by atoms with Crippen LogP contribution < -0.4 is 10.6 Å². The van der Waals surface area contributed by atoms with Crippen molar-refractivity contribution in [3.63, 3.8) is 0 Å². The topological polar surface area (TPSA) is 97.6 Å². The molecule has 1 atom stereocenters. The molecule has 3 amide bonds. The van der Waals surface area contributed by atoms with Crippen molar-refractivity contribution in [3.8, 4) is 0 Å². The second kappa shape index (κ2) is 6.92. The van der Waals surface area contributed by atoms with Gasteiger partial charge < -0.3 is 9.15 Å². The minimum absolute atomic E-state index is 0.257. The largest absolute Gasteiger partial charge is 0.464 e. The van der Waals surface area contributed by atoms with E-state index in [4.69, 9.17) is 9.15 Å². The summed E-state index contributed by atoms with van der Waals surface area (Å²) >= 11 is 0. The van der Waals surface area contributed by atoms with E-state index in [-0.39, 0.29) is 11.8 Å². The molecule has 7 heteroatoms. The maximum Gasteiger partial charge on any atom is 0.412 e. The van der Waals surface area contributed by atoms with Gasteiger partial charge >= 0.3 is 6.09 Å². The fourth-order valence-electron chi connectivity index (χ4n) is 3.69. The monoisotopic (exact) mass is 394 g/mol. The van der Waals surface area contributed by atoms with Gasteiger partial charge in [-0.05, 0) is 50.8 Å². The molecule has 1 aliphatic heterocycles. The van der Waals surface area contributed by atoms with Crippen molar-refractivity contribution >= 4 is 45.3 Å². The second-order valence-electron chi connectivity index (χ2n) is 8.16. The molecule has 3 aromatic rings. The predicted molar refractivity (Wildman–Crippen MR) is 109 cm³/mol. The molecule has 0 saturated carbocycles. The van der Waals surface area contributed by atoms with Gasteiger partial charge in [-0.3, -0.25) is 20.2 Å². The average molecular weight is 394 g/mol. The van der Waals surface area contributed by atoms with Crippen molar-refractivity contribution in [2.45, 2.75) is 45.1 Å². The minimum atomic E-state index is -0.606. The summed E-state index contributed by atoms with van der Waals surface area (Å²) < 4.78 is 11.0. The number of furan rings is 1. The van der Waals surface area contributed by atoms with E-state index in [2.05, 4.69) is 10.6 Å². The van der Waals surface area contributed by atoms with Gasteiger partial charge in [0.15, 0.2) is 0 Å². The Hall–Kier alpha value is -3.35. The standard InChI is InChI=1S/C22H22N2O5/c1-22(2,3)29-21(27)23-16-6-4-5-13-12(16)7-9-17-19(13)15(11-28-17)14-8-10-18(25)24-20(14)26/h4-7,9,11,14H,8,10H2,1-3H3,(H,23,27)(H,24,25,26). The zero-order valence-corrected chi connectivity index (χ0v) is 16.5. The third-order valence-electron chi connectivity index (χ3n) is 4.87. The number of hydrogen-bond acceptors (Lipinski definition) is 5. The average Bonchev–Trinajstić information content (AvgIpc) is 3.04. The zero-order valence-electron chi connectivity index (χ0n) is 16.5. The van der Waals surface area contributed by atoms with Crippen LogP contribution in [-0.2, 0) is 14.3 Å². The van der Waals surface area contributed by atoms with Crippen molar-refractivity contribution in [2.75, 3.05) is 5.32 Å². The molecule has 1 saturated heterocycles. The normalized spacial score (nSPS) is 17.4. The molecule has 2 heterocycles. The lowest BCUT2D eigenvalue weighted by Crippen LogP contribution is -2.39. The highest BCUT2D eigenvalue weighted by atomic mass is 16.6. The van der Waals surface area contributed by atoms with E-state index in [1.54, 1.807) is 33.1 Å². The van der Waals surface area contributed by atoms with Crippen LogP contribution in [0.15, 0.2) is 41.0 Å². The minimum Gasteiger partial charge on any atom is -0.464 e. The number of hydrogen-bond donors (Lipinski definition) is 2. The van der Waals surface area contributed by atoms with Crippen molar-refractivity contribution in [1.82, 2.24) is 5.32 Å². The summed E-state index contributed by atoms with van der Waals surface area (Å²) in [5.74, 6) is -1.03. The number of carbonyl (C=O) groups is 3. The van der Waals surface area contributed by atoms with Gasteiger partial charge in [0.25, 0.3) is 0 Å². The fourth-order valence-corrected chi connectivity index (χ4v) is 3.69. The quantitative estimate of drug-likeness (QED) is 0.626. The van der Waals surface area contributed by atoms with Gasteiger partial charge in [0.05, 0.1) is 17.9 Å². The lowest BCUT2D eigenvalue weighted by Gasteiger charge is -2.21. The van der Waals surface area contributed by atoms with Crippen LogP contribution in [0.3, 0.4) is 0 Å². The number of carbonyl (C=O) groups excluding carboxylic acids is 3. The van der Waals surface area contributed by atoms with Crippen LogP contribution in [-0.4, -0.2) is 23.5 Å². The number of anilines is 1. The molecule has 7 nitrogen and oxygen atoms in total. The number of imide groups is 1. The zero-order chi connectivity index (χ0) is 20.8. The first kappa shape index (κ1) is 19.0. The molecule has 1 aromatic heterocycles. The molecule has 150 valence electrons. The van der Waals surface area contributed by atoms with Crippen LogP contribution >= 0.6 is 0 Å². The Bertz CT molecular complexity index is 1140. The van der Waals surface area contributed by atoms with Crippen molar-refractivity contribution in [2.24, 2.45) is 0 Å². The Morgan fingerprint density at radius 1 is 1.17 bits per heavy atom. The maximum atomic E-state index is 12.4. The molecule has 2 N–H and O–H groups in total. The van der Waals surface area contributed by atoms with Crippen molar-refractivity contribution in [3.05, 3.63) is 42.2 Å². The van der Waals surface area contributed by atoms with Crippen LogP contribution in [0.4, 0.5) is 10.5 Å². The van der Waals surface area contributed by atoms with Crippen LogP contribution in [0.5, 0.6) is 0 Å². The van der Waals surface area contributed by atoms with Gasteiger partial charge in [0.2, 0.25) is 11.8 Å². The molecule has 0 aliphatic carbocycles. The molecule has 1 unspecified atom stereocenters. The highest BCUT2D eigenvalue weighted by Gasteiger charge is 2.31. The number of amides is 3. The molecular weight excluding hydrogens is 372 g/mol. The Morgan fingerprint density at radius 3 is 2.69 bits per heavy atom. The van der Waals surface area contributed by atoms with Crippen LogP contribution in [0, 0.1) is 0 Å². The first-order valence-electron chi connectivity index (χ1n) is 9.49. The number of benzene rings is 2. The number of nitrogens with one attached hydrogen (secondary N) is 2. The predicted octanol–water partition coefficient (Wildman–Crippen LogP) is 4.45. The fraction of sp³-hybridized carbons (Fsp3) is 0.318. The number of fused-ring (bicyclic) bond motifs is 3. The van der Waals surface area contributed by atoms with Crippen molar-refractivity contribution in [1.29, 1.82) is 0 Å². The third-order valence-corrected chi connectivity index (χ3v) is 4.87. The first-order chi connectivity index (χ1) is 13.7. The van der Waals surface area contributed by atoms with Gasteiger partial charge in [-0.25, -0.2) is 4.79 Å². The van der Waals surface area contributed by atoms with Gasteiger partial charge in [-0.1, -0.05) is 12.1 Å². The molecule has 0 spiro atoms. The van der Waals surface area contributed by atoms with E-state index in [1.165, 1.54) is 0 Å². The molecule has 1 fully saturated rings. The molecule has 2 aromatic carbocycles. The summed E-state index contributed by atoms with van der Waals surface area (Å²) in [6, 6.07) is 9.22. The smallest absolute Gasteiger partial charge is 0.412 e. The Labute approximate surface area is 167 Å². The number of piperidine rings is 1. The van der Waals surface area contributed by atoms with E-state index < -0.39 is 17.6 Å².